The molecule has 0 spiro atoms. The quantitative estimate of drug-likeness (QED) is 0.689. The van der Waals surface area contributed by atoms with Gasteiger partial charge in [0, 0.05) is 6.20 Å². The SMILES string of the molecule is Clc1ncnnc1-c1ccccn1. The number of aromatic nitrogens is 4. The Balaban J connectivity index is 2.54. The van der Waals surface area contributed by atoms with Gasteiger partial charge in [-0.1, -0.05) is 17.7 Å². The fourth-order valence-corrected chi connectivity index (χ4v) is 1.10. The Bertz CT molecular complexity index is 404. The number of nitrogens with zero attached hydrogens (tertiary/aromatic N) is 4. The van der Waals surface area contributed by atoms with E-state index in [1.807, 2.05) is 12.1 Å². The monoisotopic (exact) mass is 192 g/mol. The molecule has 2 rings (SSSR count). The minimum Gasteiger partial charge on any atom is -0.254 e. The summed E-state index contributed by atoms with van der Waals surface area (Å²) >= 11 is 5.81. The lowest BCUT2D eigenvalue weighted by atomic mass is 10.3. The molecule has 2 heterocycles. The van der Waals surface area contributed by atoms with E-state index in [0.717, 1.165) is 0 Å². The zero-order chi connectivity index (χ0) is 9.10. The third kappa shape index (κ3) is 1.62. The molecule has 2 aromatic heterocycles. The molecular weight excluding hydrogens is 188 g/mol. The highest BCUT2D eigenvalue weighted by Crippen LogP contribution is 2.19. The van der Waals surface area contributed by atoms with E-state index in [1.54, 1.807) is 12.3 Å². The van der Waals surface area contributed by atoms with Crippen LogP contribution < -0.4 is 0 Å². The summed E-state index contributed by atoms with van der Waals surface area (Å²) in [6.45, 7) is 0. The molecule has 4 nitrogen and oxygen atoms in total. The zero-order valence-corrected chi connectivity index (χ0v) is 7.31. The maximum atomic E-state index is 5.81. The van der Waals surface area contributed by atoms with Gasteiger partial charge in [-0.25, -0.2) is 4.98 Å². The molecule has 64 valence electrons. The molecule has 0 fully saturated rings. The van der Waals surface area contributed by atoms with Gasteiger partial charge in [0.1, 0.15) is 12.0 Å². The average Bonchev–Trinajstić information content (AvgIpc) is 2.20. The molecule has 2 aromatic rings. The van der Waals surface area contributed by atoms with Crippen LogP contribution in [0.5, 0.6) is 0 Å². The molecule has 0 aromatic carbocycles. The van der Waals surface area contributed by atoms with Crippen LogP contribution in [0.2, 0.25) is 5.15 Å². The van der Waals surface area contributed by atoms with E-state index in [0.29, 0.717) is 16.5 Å². The van der Waals surface area contributed by atoms with Gasteiger partial charge in [0.2, 0.25) is 0 Å². The molecule has 0 saturated heterocycles. The number of hydrogen-bond acceptors (Lipinski definition) is 4. The summed E-state index contributed by atoms with van der Waals surface area (Å²) in [4.78, 5) is 7.89. The maximum absolute atomic E-state index is 5.81. The number of hydrogen-bond donors (Lipinski definition) is 0. The highest BCUT2D eigenvalue weighted by atomic mass is 35.5. The molecule has 0 atom stereocenters. The van der Waals surface area contributed by atoms with E-state index in [1.165, 1.54) is 6.33 Å². The summed E-state index contributed by atoms with van der Waals surface area (Å²) in [7, 11) is 0. The van der Waals surface area contributed by atoms with Gasteiger partial charge < -0.3 is 0 Å². The Morgan fingerprint density at radius 1 is 1.15 bits per heavy atom. The van der Waals surface area contributed by atoms with Crippen LogP contribution in [-0.2, 0) is 0 Å². The molecule has 13 heavy (non-hydrogen) atoms. The van der Waals surface area contributed by atoms with Crippen LogP contribution in [0.4, 0.5) is 0 Å². The van der Waals surface area contributed by atoms with Gasteiger partial charge in [0.05, 0.1) is 5.69 Å². The van der Waals surface area contributed by atoms with Crippen LogP contribution in [0.1, 0.15) is 0 Å². The summed E-state index contributed by atoms with van der Waals surface area (Å²) < 4.78 is 0. The van der Waals surface area contributed by atoms with Crippen molar-refractivity contribution in [2.24, 2.45) is 0 Å². The van der Waals surface area contributed by atoms with Gasteiger partial charge >= 0.3 is 0 Å². The molecular formula is C8H5ClN4. The van der Waals surface area contributed by atoms with Gasteiger partial charge in [-0.3, -0.25) is 4.98 Å². The molecule has 0 aliphatic rings. The van der Waals surface area contributed by atoms with Crippen molar-refractivity contribution in [3.63, 3.8) is 0 Å². The van der Waals surface area contributed by atoms with E-state index in [9.17, 15) is 0 Å². The van der Waals surface area contributed by atoms with Crippen LogP contribution in [0, 0.1) is 0 Å². The first kappa shape index (κ1) is 8.07. The second-order valence-corrected chi connectivity index (χ2v) is 2.67. The Kier molecular flexibility index (Phi) is 2.14. The second kappa shape index (κ2) is 3.45. The molecule has 0 aliphatic heterocycles. The van der Waals surface area contributed by atoms with E-state index < -0.39 is 0 Å². The van der Waals surface area contributed by atoms with Crippen LogP contribution >= 0.6 is 11.6 Å². The summed E-state index contributed by atoms with van der Waals surface area (Å²) in [6.07, 6.45) is 2.97. The first-order valence-electron chi connectivity index (χ1n) is 3.62. The minimum absolute atomic E-state index is 0.314. The Labute approximate surface area is 79.6 Å². The van der Waals surface area contributed by atoms with Crippen molar-refractivity contribution in [3.8, 4) is 11.4 Å². The number of halogens is 1. The average molecular weight is 193 g/mol. The van der Waals surface area contributed by atoms with Gasteiger partial charge in [-0.15, -0.1) is 10.2 Å². The van der Waals surface area contributed by atoms with Crippen molar-refractivity contribution in [3.05, 3.63) is 35.9 Å². The van der Waals surface area contributed by atoms with Gasteiger partial charge in [-0.05, 0) is 12.1 Å². The van der Waals surface area contributed by atoms with Crippen molar-refractivity contribution in [1.29, 1.82) is 0 Å². The number of rotatable bonds is 1. The fraction of sp³-hybridized carbons (Fsp3) is 0. The highest BCUT2D eigenvalue weighted by molar-refractivity contribution is 6.31. The highest BCUT2D eigenvalue weighted by Gasteiger charge is 2.05. The lowest BCUT2D eigenvalue weighted by molar-refractivity contribution is 0.970. The standard InChI is InChI=1S/C8H5ClN4/c9-8-7(13-12-5-11-8)6-3-1-2-4-10-6/h1-5H. The van der Waals surface area contributed by atoms with Crippen LogP contribution in [0.3, 0.4) is 0 Å². The Morgan fingerprint density at radius 2 is 2.08 bits per heavy atom. The van der Waals surface area contributed by atoms with Crippen molar-refractivity contribution in [2.75, 3.05) is 0 Å². The zero-order valence-electron chi connectivity index (χ0n) is 6.55. The molecule has 0 bridgehead atoms. The third-order valence-electron chi connectivity index (χ3n) is 1.48. The largest absolute Gasteiger partial charge is 0.254 e. The van der Waals surface area contributed by atoms with E-state index in [4.69, 9.17) is 11.6 Å². The molecule has 5 heteroatoms. The number of pyridine rings is 1. The van der Waals surface area contributed by atoms with Crippen molar-refractivity contribution < 1.29 is 0 Å². The molecule has 0 unspecified atom stereocenters. The minimum atomic E-state index is 0.314. The van der Waals surface area contributed by atoms with Crippen molar-refractivity contribution in [1.82, 2.24) is 20.2 Å². The lowest BCUT2D eigenvalue weighted by Gasteiger charge is -1.98. The van der Waals surface area contributed by atoms with Crippen LogP contribution in [-0.4, -0.2) is 20.2 Å². The third-order valence-corrected chi connectivity index (χ3v) is 1.76. The normalized spacial score (nSPS) is 9.92. The lowest BCUT2D eigenvalue weighted by Crippen LogP contribution is -1.92. The van der Waals surface area contributed by atoms with Crippen molar-refractivity contribution >= 4 is 11.6 Å². The predicted molar refractivity (Wildman–Crippen MR) is 48.1 cm³/mol. The topological polar surface area (TPSA) is 51.6 Å². The van der Waals surface area contributed by atoms with Gasteiger partial charge in [0.25, 0.3) is 0 Å². The summed E-state index contributed by atoms with van der Waals surface area (Å²) in [5.74, 6) is 0. The van der Waals surface area contributed by atoms with Crippen LogP contribution in [0.25, 0.3) is 11.4 Å². The summed E-state index contributed by atoms with van der Waals surface area (Å²) in [5, 5.41) is 7.79. The fourth-order valence-electron chi connectivity index (χ4n) is 0.922. The Hall–Kier alpha value is -1.55. The molecule has 0 N–H and O–H groups in total. The predicted octanol–water partition coefficient (Wildman–Crippen LogP) is 1.59. The summed E-state index contributed by atoms with van der Waals surface area (Å²) in [5.41, 5.74) is 1.18. The van der Waals surface area contributed by atoms with Gasteiger partial charge in [0.15, 0.2) is 5.15 Å². The van der Waals surface area contributed by atoms with E-state index in [-0.39, 0.29) is 0 Å². The molecule has 0 aliphatic carbocycles. The molecule has 0 radical (unpaired) electrons. The van der Waals surface area contributed by atoms with Gasteiger partial charge in [-0.2, -0.15) is 0 Å². The molecule has 0 amide bonds. The van der Waals surface area contributed by atoms with E-state index in [2.05, 4.69) is 20.2 Å². The summed E-state index contributed by atoms with van der Waals surface area (Å²) in [6, 6.07) is 5.48. The second-order valence-electron chi connectivity index (χ2n) is 2.31. The molecule has 0 saturated carbocycles. The van der Waals surface area contributed by atoms with E-state index >= 15 is 0 Å². The smallest absolute Gasteiger partial charge is 0.160 e. The first-order valence-corrected chi connectivity index (χ1v) is 4.00. The Morgan fingerprint density at radius 3 is 2.77 bits per heavy atom. The first-order chi connectivity index (χ1) is 6.38. The van der Waals surface area contributed by atoms with Crippen LogP contribution in [0.15, 0.2) is 30.7 Å². The van der Waals surface area contributed by atoms with Crippen molar-refractivity contribution in [2.45, 2.75) is 0 Å². The maximum Gasteiger partial charge on any atom is 0.160 e.